The van der Waals surface area contributed by atoms with Gasteiger partial charge in [0.15, 0.2) is 10.6 Å². The molecule has 0 bridgehead atoms. The summed E-state index contributed by atoms with van der Waals surface area (Å²) in [5, 5.41) is 7.97. The molecule has 0 radical (unpaired) electrons. The summed E-state index contributed by atoms with van der Waals surface area (Å²) >= 11 is 7.65. The highest BCUT2D eigenvalue weighted by Crippen LogP contribution is 2.18. The highest BCUT2D eigenvalue weighted by molar-refractivity contribution is 14.1. The minimum Gasteiger partial charge on any atom is -0.331 e. The third kappa shape index (κ3) is 1.97. The standard InChI is InChI=1S/C11H10IN5S/c1-16-6-13-15-10(16)5-17-9-3-2-7(12)4-8(9)14-11(17)18/h2-4,6H,5H2,1H3,(H,14,18). The highest BCUT2D eigenvalue weighted by Gasteiger charge is 2.08. The summed E-state index contributed by atoms with van der Waals surface area (Å²) in [5.74, 6) is 0.880. The number of hydrogen-bond donors (Lipinski definition) is 1. The summed E-state index contributed by atoms with van der Waals surface area (Å²) in [6.07, 6.45) is 1.69. The molecule has 1 N–H and O–H groups in total. The van der Waals surface area contributed by atoms with E-state index in [1.807, 2.05) is 16.2 Å². The topological polar surface area (TPSA) is 51.4 Å². The SMILES string of the molecule is Cn1cnnc1Cn1c(=S)[nH]c2cc(I)ccc21. The van der Waals surface area contributed by atoms with E-state index in [9.17, 15) is 0 Å². The Kier molecular flexibility index (Phi) is 2.94. The van der Waals surface area contributed by atoms with E-state index < -0.39 is 0 Å². The van der Waals surface area contributed by atoms with Crippen molar-refractivity contribution in [2.45, 2.75) is 6.54 Å². The first kappa shape index (κ1) is 11.8. The van der Waals surface area contributed by atoms with Gasteiger partial charge >= 0.3 is 0 Å². The fraction of sp³-hybridized carbons (Fsp3) is 0.182. The third-order valence-electron chi connectivity index (χ3n) is 2.84. The van der Waals surface area contributed by atoms with Crippen molar-refractivity contribution in [1.82, 2.24) is 24.3 Å². The van der Waals surface area contributed by atoms with Gasteiger partial charge in [0.1, 0.15) is 6.33 Å². The third-order valence-corrected chi connectivity index (χ3v) is 3.83. The van der Waals surface area contributed by atoms with E-state index in [2.05, 4.69) is 56.0 Å². The molecule has 0 spiro atoms. The summed E-state index contributed by atoms with van der Waals surface area (Å²) in [6, 6.07) is 6.22. The van der Waals surface area contributed by atoms with Gasteiger partial charge in [-0.05, 0) is 53.0 Å². The number of aromatic nitrogens is 5. The van der Waals surface area contributed by atoms with E-state index in [0.29, 0.717) is 11.3 Å². The van der Waals surface area contributed by atoms with Crippen LogP contribution in [0.2, 0.25) is 0 Å². The molecule has 0 saturated heterocycles. The van der Waals surface area contributed by atoms with Crippen LogP contribution < -0.4 is 0 Å². The molecule has 0 amide bonds. The van der Waals surface area contributed by atoms with Crippen LogP contribution in [0, 0.1) is 8.34 Å². The molecular formula is C11H10IN5S. The molecule has 1 aromatic carbocycles. The van der Waals surface area contributed by atoms with Crippen LogP contribution in [0.3, 0.4) is 0 Å². The van der Waals surface area contributed by atoms with Crippen LogP contribution in [-0.4, -0.2) is 24.3 Å². The molecule has 0 unspecified atom stereocenters. The van der Waals surface area contributed by atoms with Gasteiger partial charge in [-0.1, -0.05) is 0 Å². The number of hydrogen-bond acceptors (Lipinski definition) is 3. The molecule has 2 aromatic heterocycles. The van der Waals surface area contributed by atoms with Crippen molar-refractivity contribution in [2.24, 2.45) is 7.05 Å². The van der Waals surface area contributed by atoms with E-state index in [-0.39, 0.29) is 0 Å². The normalized spacial score (nSPS) is 11.2. The van der Waals surface area contributed by atoms with Gasteiger partial charge in [-0.25, -0.2) is 0 Å². The Morgan fingerprint density at radius 2 is 2.28 bits per heavy atom. The fourth-order valence-electron chi connectivity index (χ4n) is 1.88. The summed E-state index contributed by atoms with van der Waals surface area (Å²) in [7, 11) is 1.93. The lowest BCUT2D eigenvalue weighted by atomic mass is 10.3. The number of halogens is 1. The van der Waals surface area contributed by atoms with Crippen LogP contribution in [0.1, 0.15) is 5.82 Å². The largest absolute Gasteiger partial charge is 0.331 e. The van der Waals surface area contributed by atoms with Crippen molar-refractivity contribution < 1.29 is 0 Å². The second-order valence-electron chi connectivity index (χ2n) is 4.04. The lowest BCUT2D eigenvalue weighted by molar-refractivity contribution is 0.705. The Morgan fingerprint density at radius 1 is 1.44 bits per heavy atom. The van der Waals surface area contributed by atoms with Gasteiger partial charge in [0.25, 0.3) is 0 Å². The van der Waals surface area contributed by atoms with Gasteiger partial charge in [-0.3, -0.25) is 0 Å². The Balaban J connectivity index is 2.15. The number of benzene rings is 1. The molecule has 0 saturated carbocycles. The van der Waals surface area contributed by atoms with Gasteiger partial charge in [-0.2, -0.15) is 0 Å². The maximum atomic E-state index is 5.36. The molecule has 92 valence electrons. The predicted octanol–water partition coefficient (Wildman–Crippen LogP) is 2.48. The molecule has 5 nitrogen and oxygen atoms in total. The summed E-state index contributed by atoms with van der Waals surface area (Å²) in [5.41, 5.74) is 2.14. The molecule has 2 heterocycles. The maximum absolute atomic E-state index is 5.36. The van der Waals surface area contributed by atoms with E-state index in [1.54, 1.807) is 6.33 Å². The van der Waals surface area contributed by atoms with Gasteiger partial charge < -0.3 is 14.1 Å². The van der Waals surface area contributed by atoms with Gasteiger partial charge in [0.05, 0.1) is 17.6 Å². The summed E-state index contributed by atoms with van der Waals surface area (Å²) in [6.45, 7) is 0.621. The van der Waals surface area contributed by atoms with Crippen molar-refractivity contribution in [2.75, 3.05) is 0 Å². The van der Waals surface area contributed by atoms with E-state index in [0.717, 1.165) is 16.9 Å². The van der Waals surface area contributed by atoms with Gasteiger partial charge in [0.2, 0.25) is 0 Å². The predicted molar refractivity (Wildman–Crippen MR) is 79.9 cm³/mol. The molecule has 0 fully saturated rings. The summed E-state index contributed by atoms with van der Waals surface area (Å²) < 4.78 is 5.81. The lowest BCUT2D eigenvalue weighted by Crippen LogP contribution is -2.05. The molecule has 0 aliphatic rings. The fourth-order valence-corrected chi connectivity index (χ4v) is 2.65. The molecule has 0 aliphatic heterocycles. The van der Waals surface area contributed by atoms with Crippen molar-refractivity contribution in [3.05, 3.63) is 38.7 Å². The second kappa shape index (κ2) is 4.47. The second-order valence-corrected chi connectivity index (χ2v) is 5.67. The molecule has 18 heavy (non-hydrogen) atoms. The minimum absolute atomic E-state index is 0.621. The Hall–Kier alpha value is -1.22. The minimum atomic E-state index is 0.621. The molecule has 7 heteroatoms. The van der Waals surface area contributed by atoms with Crippen molar-refractivity contribution >= 4 is 45.8 Å². The molecular weight excluding hydrogens is 361 g/mol. The summed E-state index contributed by atoms with van der Waals surface area (Å²) in [4.78, 5) is 3.22. The van der Waals surface area contributed by atoms with E-state index in [4.69, 9.17) is 12.2 Å². The first-order chi connectivity index (χ1) is 8.65. The van der Waals surface area contributed by atoms with Crippen LogP contribution in [-0.2, 0) is 13.6 Å². The van der Waals surface area contributed by atoms with Crippen molar-refractivity contribution in [3.8, 4) is 0 Å². The number of aromatic amines is 1. The maximum Gasteiger partial charge on any atom is 0.178 e. The molecule has 3 rings (SSSR count). The zero-order chi connectivity index (χ0) is 12.7. The van der Waals surface area contributed by atoms with Crippen LogP contribution >= 0.6 is 34.8 Å². The Bertz CT molecular complexity index is 769. The van der Waals surface area contributed by atoms with Crippen LogP contribution in [0.25, 0.3) is 11.0 Å². The Labute approximate surface area is 122 Å². The number of aryl methyl sites for hydroxylation is 1. The first-order valence-electron chi connectivity index (χ1n) is 5.36. The van der Waals surface area contributed by atoms with Crippen LogP contribution in [0.4, 0.5) is 0 Å². The highest BCUT2D eigenvalue weighted by atomic mass is 127. The van der Waals surface area contributed by atoms with E-state index in [1.165, 1.54) is 3.57 Å². The first-order valence-corrected chi connectivity index (χ1v) is 6.85. The molecule has 3 aromatic rings. The number of nitrogens with zero attached hydrogens (tertiary/aromatic N) is 4. The van der Waals surface area contributed by atoms with Crippen molar-refractivity contribution in [1.29, 1.82) is 0 Å². The van der Waals surface area contributed by atoms with Crippen LogP contribution in [0.5, 0.6) is 0 Å². The number of H-pyrrole nitrogens is 1. The van der Waals surface area contributed by atoms with Gasteiger partial charge in [0, 0.05) is 10.6 Å². The smallest absolute Gasteiger partial charge is 0.178 e. The average Bonchev–Trinajstić information content (AvgIpc) is 2.85. The van der Waals surface area contributed by atoms with E-state index >= 15 is 0 Å². The monoisotopic (exact) mass is 371 g/mol. The van der Waals surface area contributed by atoms with Gasteiger partial charge in [-0.15, -0.1) is 10.2 Å². The molecule has 0 atom stereocenters. The lowest BCUT2D eigenvalue weighted by Gasteiger charge is -2.03. The average molecular weight is 371 g/mol. The number of rotatable bonds is 2. The number of fused-ring (bicyclic) bond motifs is 1. The number of nitrogens with one attached hydrogen (secondary N) is 1. The quantitative estimate of drug-likeness (QED) is 0.556. The van der Waals surface area contributed by atoms with Crippen molar-refractivity contribution in [3.63, 3.8) is 0 Å². The van der Waals surface area contributed by atoms with Crippen LogP contribution in [0.15, 0.2) is 24.5 Å². The number of imidazole rings is 1. The molecule has 0 aliphatic carbocycles. The Morgan fingerprint density at radius 3 is 3.00 bits per heavy atom. The zero-order valence-electron chi connectivity index (χ0n) is 9.59. The zero-order valence-corrected chi connectivity index (χ0v) is 12.6.